The zero-order valence-corrected chi connectivity index (χ0v) is 12.1. The molecule has 2 heterocycles. The van der Waals surface area contributed by atoms with Crippen LogP contribution in [0.1, 0.15) is 28.9 Å². The van der Waals surface area contributed by atoms with Crippen molar-refractivity contribution in [2.45, 2.75) is 19.4 Å². The number of carbonyl (C=O) groups is 1. The minimum Gasteiger partial charge on any atom is -0.347 e. The van der Waals surface area contributed by atoms with Gasteiger partial charge in [0.15, 0.2) is 0 Å². The highest BCUT2D eigenvalue weighted by Gasteiger charge is 2.16. The number of nitrogens with one attached hydrogen (secondary N) is 1. The lowest BCUT2D eigenvalue weighted by Gasteiger charge is -2.15. The molecule has 1 N–H and O–H groups in total. The molecule has 3 rings (SSSR count). The van der Waals surface area contributed by atoms with Gasteiger partial charge in [-0.25, -0.2) is 14.4 Å². The van der Waals surface area contributed by atoms with E-state index in [1.54, 1.807) is 24.4 Å². The Morgan fingerprint density at radius 2 is 1.91 bits per heavy atom. The second-order valence-electron chi connectivity index (χ2n) is 5.25. The number of hydrogen-bond donors (Lipinski definition) is 1. The van der Waals surface area contributed by atoms with Crippen LogP contribution in [0.15, 0.2) is 36.5 Å². The zero-order valence-electron chi connectivity index (χ0n) is 12.1. The maximum atomic E-state index is 12.8. The minimum atomic E-state index is -0.291. The van der Waals surface area contributed by atoms with E-state index < -0.39 is 0 Å². The molecule has 2 aromatic rings. The number of rotatable bonds is 4. The Morgan fingerprint density at radius 3 is 2.64 bits per heavy atom. The summed E-state index contributed by atoms with van der Waals surface area (Å²) < 4.78 is 12.8. The van der Waals surface area contributed by atoms with Gasteiger partial charge in [-0.2, -0.15) is 0 Å². The lowest BCUT2D eigenvalue weighted by atomic mass is 10.2. The summed E-state index contributed by atoms with van der Waals surface area (Å²) in [6, 6.07) is 7.63. The van der Waals surface area contributed by atoms with E-state index in [1.807, 2.05) is 0 Å². The van der Waals surface area contributed by atoms with Crippen LogP contribution in [0.5, 0.6) is 0 Å². The van der Waals surface area contributed by atoms with Crippen molar-refractivity contribution in [3.63, 3.8) is 0 Å². The maximum Gasteiger partial charge on any atom is 0.270 e. The van der Waals surface area contributed by atoms with E-state index in [4.69, 9.17) is 0 Å². The molecule has 0 bridgehead atoms. The average molecular weight is 300 g/mol. The van der Waals surface area contributed by atoms with Gasteiger partial charge >= 0.3 is 0 Å². The number of benzene rings is 1. The van der Waals surface area contributed by atoms with E-state index in [-0.39, 0.29) is 11.7 Å². The molecular formula is C16H17FN4O. The van der Waals surface area contributed by atoms with Gasteiger partial charge in [0.2, 0.25) is 5.95 Å². The summed E-state index contributed by atoms with van der Waals surface area (Å²) in [6.07, 6.45) is 3.86. The summed E-state index contributed by atoms with van der Waals surface area (Å²) >= 11 is 0. The molecule has 0 aliphatic carbocycles. The summed E-state index contributed by atoms with van der Waals surface area (Å²) in [5.74, 6) is 0.0558. The van der Waals surface area contributed by atoms with Gasteiger partial charge in [0.25, 0.3) is 5.91 Å². The third-order valence-electron chi connectivity index (χ3n) is 3.63. The van der Waals surface area contributed by atoms with Gasteiger partial charge in [-0.05, 0) is 36.6 Å². The van der Waals surface area contributed by atoms with Crippen molar-refractivity contribution in [1.82, 2.24) is 15.3 Å². The highest BCUT2D eigenvalue weighted by atomic mass is 19.1. The maximum absolute atomic E-state index is 12.8. The van der Waals surface area contributed by atoms with Crippen molar-refractivity contribution in [3.8, 4) is 0 Å². The quantitative estimate of drug-likeness (QED) is 0.940. The zero-order chi connectivity index (χ0) is 15.4. The summed E-state index contributed by atoms with van der Waals surface area (Å²) in [7, 11) is 0. The van der Waals surface area contributed by atoms with Gasteiger partial charge in [-0.1, -0.05) is 12.1 Å². The van der Waals surface area contributed by atoms with Gasteiger partial charge in [0, 0.05) is 25.8 Å². The molecule has 0 atom stereocenters. The van der Waals surface area contributed by atoms with Crippen LogP contribution in [-0.2, 0) is 6.54 Å². The first-order chi connectivity index (χ1) is 10.7. The summed E-state index contributed by atoms with van der Waals surface area (Å²) in [6.45, 7) is 2.20. The fourth-order valence-electron chi connectivity index (χ4n) is 2.42. The Labute approximate surface area is 128 Å². The van der Waals surface area contributed by atoms with Crippen LogP contribution in [0.25, 0.3) is 0 Å². The van der Waals surface area contributed by atoms with Crippen molar-refractivity contribution >= 4 is 11.9 Å². The number of aromatic nitrogens is 2. The first-order valence-electron chi connectivity index (χ1n) is 7.33. The summed E-state index contributed by atoms with van der Waals surface area (Å²) in [4.78, 5) is 22.8. The van der Waals surface area contributed by atoms with Crippen LogP contribution in [0, 0.1) is 5.82 Å². The van der Waals surface area contributed by atoms with E-state index in [0.717, 1.165) is 31.5 Å². The lowest BCUT2D eigenvalue weighted by molar-refractivity contribution is 0.0946. The van der Waals surface area contributed by atoms with Crippen LogP contribution < -0.4 is 10.2 Å². The van der Waals surface area contributed by atoms with E-state index in [0.29, 0.717) is 18.2 Å². The smallest absolute Gasteiger partial charge is 0.270 e. The number of hydrogen-bond acceptors (Lipinski definition) is 4. The molecule has 1 fully saturated rings. The molecular weight excluding hydrogens is 283 g/mol. The Balaban J connectivity index is 1.64. The second kappa shape index (κ2) is 6.51. The molecule has 0 unspecified atom stereocenters. The molecule has 1 aromatic carbocycles. The Kier molecular flexibility index (Phi) is 4.27. The molecule has 1 aromatic heterocycles. The molecule has 1 aliphatic heterocycles. The van der Waals surface area contributed by atoms with Gasteiger partial charge in [-0.15, -0.1) is 0 Å². The van der Waals surface area contributed by atoms with E-state index in [1.165, 1.54) is 12.1 Å². The average Bonchev–Trinajstić information content (AvgIpc) is 3.09. The number of anilines is 1. The van der Waals surface area contributed by atoms with Crippen molar-refractivity contribution < 1.29 is 9.18 Å². The summed E-state index contributed by atoms with van der Waals surface area (Å²) in [5, 5.41) is 2.78. The topological polar surface area (TPSA) is 58.1 Å². The van der Waals surface area contributed by atoms with E-state index in [9.17, 15) is 9.18 Å². The molecule has 114 valence electrons. The Bertz CT molecular complexity index is 653. The Morgan fingerprint density at radius 1 is 1.18 bits per heavy atom. The molecule has 5 nitrogen and oxygen atoms in total. The third-order valence-corrected chi connectivity index (χ3v) is 3.63. The molecule has 1 aliphatic rings. The lowest BCUT2D eigenvalue weighted by Crippen LogP contribution is -2.26. The van der Waals surface area contributed by atoms with Gasteiger partial charge in [0.1, 0.15) is 11.5 Å². The number of carbonyl (C=O) groups excluding carboxylic acids is 1. The first-order valence-corrected chi connectivity index (χ1v) is 7.33. The van der Waals surface area contributed by atoms with Gasteiger partial charge in [-0.3, -0.25) is 4.79 Å². The van der Waals surface area contributed by atoms with Gasteiger partial charge < -0.3 is 10.2 Å². The number of nitrogens with zero attached hydrogens (tertiary/aromatic N) is 3. The van der Waals surface area contributed by atoms with E-state index >= 15 is 0 Å². The molecule has 0 saturated carbocycles. The number of amides is 1. The normalized spacial score (nSPS) is 14.1. The summed E-state index contributed by atoms with van der Waals surface area (Å²) in [5.41, 5.74) is 1.18. The predicted molar refractivity (Wildman–Crippen MR) is 81.0 cm³/mol. The molecule has 1 saturated heterocycles. The van der Waals surface area contributed by atoms with Crippen molar-refractivity contribution in [2.75, 3.05) is 18.0 Å². The van der Waals surface area contributed by atoms with Crippen LogP contribution in [-0.4, -0.2) is 29.0 Å². The van der Waals surface area contributed by atoms with Crippen molar-refractivity contribution in [2.24, 2.45) is 0 Å². The molecule has 1 amide bonds. The van der Waals surface area contributed by atoms with Crippen LogP contribution in [0.2, 0.25) is 0 Å². The monoisotopic (exact) mass is 300 g/mol. The highest BCUT2D eigenvalue weighted by Crippen LogP contribution is 2.15. The SMILES string of the molecule is O=C(NCc1ccc(F)cc1)c1ccnc(N2CCCC2)n1. The largest absolute Gasteiger partial charge is 0.347 e. The fourth-order valence-corrected chi connectivity index (χ4v) is 2.42. The molecule has 0 radical (unpaired) electrons. The van der Waals surface area contributed by atoms with Gasteiger partial charge in [0.05, 0.1) is 0 Å². The van der Waals surface area contributed by atoms with Crippen LogP contribution >= 0.6 is 0 Å². The second-order valence-corrected chi connectivity index (χ2v) is 5.25. The fraction of sp³-hybridized carbons (Fsp3) is 0.312. The molecule has 6 heteroatoms. The molecule has 0 spiro atoms. The first kappa shape index (κ1) is 14.4. The van der Waals surface area contributed by atoms with Crippen LogP contribution in [0.3, 0.4) is 0 Å². The van der Waals surface area contributed by atoms with E-state index in [2.05, 4.69) is 20.2 Å². The standard InChI is InChI=1S/C16H17FN4O/c17-13-5-3-12(4-6-13)11-19-15(22)14-7-8-18-16(20-14)21-9-1-2-10-21/h3-8H,1-2,9-11H2,(H,19,22). The van der Waals surface area contributed by atoms with Crippen LogP contribution in [0.4, 0.5) is 10.3 Å². The number of halogens is 1. The third kappa shape index (κ3) is 3.39. The van der Waals surface area contributed by atoms with Crippen molar-refractivity contribution in [3.05, 3.63) is 53.6 Å². The predicted octanol–water partition coefficient (Wildman–Crippen LogP) is 2.15. The highest BCUT2D eigenvalue weighted by molar-refractivity contribution is 5.92. The molecule has 22 heavy (non-hydrogen) atoms. The Hall–Kier alpha value is -2.50. The van der Waals surface area contributed by atoms with Crippen molar-refractivity contribution in [1.29, 1.82) is 0 Å². The minimum absolute atomic E-state index is 0.257.